The van der Waals surface area contributed by atoms with Gasteiger partial charge in [0.2, 0.25) is 13.6 Å². The van der Waals surface area contributed by atoms with E-state index in [0.717, 1.165) is 0 Å². The van der Waals surface area contributed by atoms with Gasteiger partial charge in [-0.05, 0) is 44.3 Å². The molecule has 16 heteroatoms. The minimum atomic E-state index is -1.38. The first-order valence-electron chi connectivity index (χ1n) is 11.5. The number of carbonyl (C=O) groups excluding carboxylic acids is 6. The van der Waals surface area contributed by atoms with Crippen molar-refractivity contribution in [3.05, 3.63) is 22.1 Å². The minimum absolute atomic E-state index is 0.0365. The molecule has 0 aliphatic carbocycles. The molecular formula is C23H30O14S2. The Bertz CT molecular complexity index is 1090. The Kier molecular flexibility index (Phi) is 14.4. The van der Waals surface area contributed by atoms with Gasteiger partial charge in [0, 0.05) is 25.0 Å². The number of thioether (sulfide) groups is 2. The van der Waals surface area contributed by atoms with E-state index in [1.165, 1.54) is 20.8 Å². The number of hydrogen-bond acceptors (Lipinski definition) is 16. The van der Waals surface area contributed by atoms with E-state index in [1.54, 1.807) is 13.8 Å². The lowest BCUT2D eigenvalue weighted by molar-refractivity contribution is -0.152. The van der Waals surface area contributed by atoms with Gasteiger partial charge in [-0.1, -0.05) is 13.8 Å². The predicted octanol–water partition coefficient (Wildman–Crippen LogP) is 3.50. The van der Waals surface area contributed by atoms with E-state index in [0.29, 0.717) is 23.5 Å². The molecule has 0 saturated heterocycles. The number of ether oxygens (including phenoxy) is 5. The molecule has 39 heavy (non-hydrogen) atoms. The molecule has 1 aromatic rings. The molecule has 0 spiro atoms. The molecule has 218 valence electrons. The van der Waals surface area contributed by atoms with E-state index in [9.17, 15) is 33.6 Å². The molecule has 1 heterocycles. The predicted molar refractivity (Wildman–Crippen MR) is 134 cm³/mol. The second-order valence-electron chi connectivity index (χ2n) is 8.05. The lowest BCUT2D eigenvalue weighted by atomic mass is 9.97. The highest BCUT2D eigenvalue weighted by atomic mass is 32.2. The third-order valence-electron chi connectivity index (χ3n) is 4.73. The largest absolute Gasteiger partial charge is 0.519 e. The zero-order valence-electron chi connectivity index (χ0n) is 22.1. The van der Waals surface area contributed by atoms with E-state index >= 15 is 0 Å². The number of esters is 3. The second kappa shape index (κ2) is 16.6. The topological polar surface area (TPSA) is 192 Å². The first-order chi connectivity index (χ1) is 18.3. The molecule has 0 aliphatic heterocycles. The summed E-state index contributed by atoms with van der Waals surface area (Å²) in [6.07, 6.45) is -0.271. The molecule has 14 nitrogen and oxygen atoms in total. The van der Waals surface area contributed by atoms with Gasteiger partial charge in [-0.25, -0.2) is 14.4 Å². The number of rotatable bonds is 15. The average Bonchev–Trinajstić information content (AvgIpc) is 3.20. The van der Waals surface area contributed by atoms with Gasteiger partial charge in [0.15, 0.2) is 18.1 Å². The van der Waals surface area contributed by atoms with Crippen LogP contribution in [0.5, 0.6) is 0 Å². The maximum Gasteiger partial charge on any atom is 0.519 e. The Balaban J connectivity index is 2.82. The zero-order chi connectivity index (χ0) is 29.6. The van der Waals surface area contributed by atoms with Crippen molar-refractivity contribution in [2.24, 2.45) is 5.92 Å². The van der Waals surface area contributed by atoms with Crippen LogP contribution in [0.25, 0.3) is 0 Å². The lowest BCUT2D eigenvalue weighted by Gasteiger charge is -2.23. The molecule has 0 N–H and O–H groups in total. The Labute approximate surface area is 231 Å². The fraction of sp³-hybridized carbons (Fsp3) is 0.609. The van der Waals surface area contributed by atoms with E-state index in [1.807, 2.05) is 0 Å². The Morgan fingerprint density at radius 2 is 1.41 bits per heavy atom. The molecule has 0 amide bonds. The van der Waals surface area contributed by atoms with Crippen LogP contribution in [0.2, 0.25) is 0 Å². The monoisotopic (exact) mass is 594 g/mol. The van der Waals surface area contributed by atoms with E-state index < -0.39 is 77.4 Å². The van der Waals surface area contributed by atoms with Crippen molar-refractivity contribution in [1.29, 1.82) is 0 Å². The van der Waals surface area contributed by atoms with Crippen LogP contribution in [0.4, 0.5) is 9.59 Å². The standard InChI is InChI=1S/C23H30O14S2/c1-6-17(25)32-11-34-21(29)38-10-14(19(27)31-9-15-13(3)36-20(28)37-15)8-16(24)23(4,5)39-22(30)35-12-33-18(26)7-2/h14H,6-12H2,1-5H3/t14-/m0/s1. The summed E-state index contributed by atoms with van der Waals surface area (Å²) in [4.78, 5) is 83.4. The molecule has 0 fully saturated rings. The van der Waals surface area contributed by atoms with Crippen LogP contribution in [0.1, 0.15) is 58.5 Å². The van der Waals surface area contributed by atoms with Gasteiger partial charge < -0.3 is 32.5 Å². The fourth-order valence-electron chi connectivity index (χ4n) is 2.44. The Morgan fingerprint density at radius 1 is 0.846 bits per heavy atom. The van der Waals surface area contributed by atoms with Crippen LogP contribution < -0.4 is 5.82 Å². The first kappa shape index (κ1) is 33.8. The summed E-state index contributed by atoms with van der Waals surface area (Å²) in [5, 5.41) is -1.76. The van der Waals surface area contributed by atoms with E-state index in [2.05, 4.69) is 9.47 Å². The van der Waals surface area contributed by atoms with Gasteiger partial charge in [0.1, 0.15) is 5.78 Å². The minimum Gasteiger partial charge on any atom is -0.457 e. The van der Waals surface area contributed by atoms with Gasteiger partial charge in [0.05, 0.1) is 10.7 Å². The SMILES string of the molecule is CCC(=O)OCOC(=O)SC[C@H](CC(=O)C(C)(C)SC(=O)OCOC(=O)CC)C(=O)OCc1oc(=O)oc1C. The van der Waals surface area contributed by atoms with Crippen molar-refractivity contribution < 1.29 is 61.3 Å². The molecule has 0 bridgehead atoms. The summed E-state index contributed by atoms with van der Waals surface area (Å²) in [6, 6.07) is 0. The molecule has 1 rings (SSSR count). The van der Waals surface area contributed by atoms with Crippen molar-refractivity contribution in [1.82, 2.24) is 0 Å². The van der Waals surface area contributed by atoms with Crippen molar-refractivity contribution in [2.75, 3.05) is 19.3 Å². The highest BCUT2D eigenvalue weighted by Crippen LogP contribution is 2.31. The quantitative estimate of drug-likeness (QED) is 0.162. The van der Waals surface area contributed by atoms with Crippen molar-refractivity contribution in [2.45, 2.75) is 65.2 Å². The first-order valence-corrected chi connectivity index (χ1v) is 13.3. The molecule has 1 aromatic heterocycles. The van der Waals surface area contributed by atoms with Crippen molar-refractivity contribution >= 4 is 57.8 Å². The lowest BCUT2D eigenvalue weighted by Crippen LogP contribution is -2.34. The van der Waals surface area contributed by atoms with Crippen LogP contribution in [-0.4, -0.2) is 58.4 Å². The van der Waals surface area contributed by atoms with E-state index in [-0.39, 0.29) is 30.1 Å². The summed E-state index contributed by atoms with van der Waals surface area (Å²) >= 11 is 1.05. The fourth-order valence-corrected chi connectivity index (χ4v) is 3.88. The van der Waals surface area contributed by atoms with E-state index in [4.69, 9.17) is 23.0 Å². The number of hydrogen-bond donors (Lipinski definition) is 0. The van der Waals surface area contributed by atoms with Crippen LogP contribution in [0, 0.1) is 12.8 Å². The average molecular weight is 595 g/mol. The summed E-state index contributed by atoms with van der Waals surface area (Å²) in [5.41, 5.74) is 0. The number of Topliss-reactive ketones (excluding diaryl/α,β-unsaturated/α-hetero) is 1. The molecule has 0 saturated carbocycles. The Hall–Kier alpha value is -3.27. The van der Waals surface area contributed by atoms with Gasteiger partial charge in [-0.15, -0.1) is 0 Å². The summed E-state index contributed by atoms with van der Waals surface area (Å²) in [5.74, 6) is -5.00. The van der Waals surface area contributed by atoms with Crippen molar-refractivity contribution in [3.63, 3.8) is 0 Å². The molecular weight excluding hydrogens is 564 g/mol. The van der Waals surface area contributed by atoms with Gasteiger partial charge in [0.25, 0.3) is 0 Å². The number of carbonyl (C=O) groups is 6. The highest BCUT2D eigenvalue weighted by Gasteiger charge is 2.36. The third-order valence-corrected chi connectivity index (χ3v) is 6.67. The molecule has 0 aromatic carbocycles. The molecule has 1 atom stereocenters. The van der Waals surface area contributed by atoms with Gasteiger partial charge >= 0.3 is 34.3 Å². The maximum atomic E-state index is 13.0. The van der Waals surface area contributed by atoms with Gasteiger partial charge in [-0.2, -0.15) is 0 Å². The molecule has 0 aliphatic rings. The highest BCUT2D eigenvalue weighted by molar-refractivity contribution is 8.15. The second-order valence-corrected chi connectivity index (χ2v) is 10.6. The smallest absolute Gasteiger partial charge is 0.457 e. The van der Waals surface area contributed by atoms with Crippen LogP contribution >= 0.6 is 23.5 Å². The number of aryl methyl sites for hydroxylation is 1. The summed E-state index contributed by atoms with van der Waals surface area (Å²) in [6.45, 7) is 5.69. The normalized spacial score (nSPS) is 11.7. The van der Waals surface area contributed by atoms with Crippen molar-refractivity contribution in [3.8, 4) is 0 Å². The third kappa shape index (κ3) is 12.9. The Morgan fingerprint density at radius 3 is 1.92 bits per heavy atom. The van der Waals surface area contributed by atoms with Crippen LogP contribution in [0.15, 0.2) is 13.6 Å². The summed E-state index contributed by atoms with van der Waals surface area (Å²) in [7, 11) is 0. The molecule has 0 unspecified atom stereocenters. The summed E-state index contributed by atoms with van der Waals surface area (Å²) < 4.78 is 32.1. The maximum absolute atomic E-state index is 13.0. The number of ketones is 1. The zero-order valence-corrected chi connectivity index (χ0v) is 23.7. The van der Waals surface area contributed by atoms with Crippen LogP contribution in [-0.2, 0) is 49.5 Å². The van der Waals surface area contributed by atoms with Crippen LogP contribution in [0.3, 0.4) is 0 Å². The van der Waals surface area contributed by atoms with Gasteiger partial charge in [-0.3, -0.25) is 19.2 Å². The molecule has 0 radical (unpaired) electrons.